The third kappa shape index (κ3) is 4.54. The van der Waals surface area contributed by atoms with Crippen LogP contribution in [0.25, 0.3) is 0 Å². The van der Waals surface area contributed by atoms with E-state index in [9.17, 15) is 17.6 Å². The first-order chi connectivity index (χ1) is 8.86. The quantitative estimate of drug-likeness (QED) is 0.513. The number of unbranched alkanes of at least 4 members (excludes halogenated alkanes) is 1. The molecule has 1 aromatic rings. The van der Waals surface area contributed by atoms with Gasteiger partial charge in [-0.15, -0.1) is 12.3 Å². The molecule has 0 bridgehead atoms. The lowest BCUT2D eigenvalue weighted by Crippen LogP contribution is -2.25. The Bertz CT molecular complexity index is 622. The summed E-state index contributed by atoms with van der Waals surface area (Å²) in [5, 5.41) is 2.48. The van der Waals surface area contributed by atoms with Crippen molar-refractivity contribution in [3.05, 3.63) is 29.6 Å². The van der Waals surface area contributed by atoms with E-state index in [4.69, 9.17) is 17.1 Å². The molecule has 0 saturated heterocycles. The number of hydrogen-bond acceptors (Lipinski definition) is 3. The van der Waals surface area contributed by atoms with Crippen molar-refractivity contribution in [1.29, 1.82) is 0 Å². The van der Waals surface area contributed by atoms with Gasteiger partial charge in [-0.3, -0.25) is 4.79 Å². The third-order valence-corrected chi connectivity index (χ3v) is 3.60. The highest BCUT2D eigenvalue weighted by Gasteiger charge is 2.16. The van der Waals surface area contributed by atoms with Crippen LogP contribution in [-0.4, -0.2) is 20.9 Å². The second-order valence-electron chi connectivity index (χ2n) is 3.64. The van der Waals surface area contributed by atoms with Gasteiger partial charge >= 0.3 is 0 Å². The summed E-state index contributed by atoms with van der Waals surface area (Å²) in [6.45, 7) is 0.317. The lowest BCUT2D eigenvalue weighted by Gasteiger charge is -2.06. The highest BCUT2D eigenvalue weighted by atomic mass is 35.7. The Labute approximate surface area is 115 Å². The van der Waals surface area contributed by atoms with Crippen LogP contribution in [0.5, 0.6) is 0 Å². The average molecular weight is 304 g/mol. The van der Waals surface area contributed by atoms with Crippen molar-refractivity contribution in [2.75, 3.05) is 6.54 Å². The zero-order valence-electron chi connectivity index (χ0n) is 9.82. The molecule has 0 heterocycles. The Balaban J connectivity index is 2.80. The number of carbonyl (C=O) groups excluding carboxylic acids is 1. The van der Waals surface area contributed by atoms with Crippen molar-refractivity contribution in [2.45, 2.75) is 17.7 Å². The fraction of sp³-hybridized carbons (Fsp3) is 0.250. The van der Waals surface area contributed by atoms with Crippen LogP contribution in [0.2, 0.25) is 0 Å². The molecule has 0 unspecified atom stereocenters. The van der Waals surface area contributed by atoms with Gasteiger partial charge in [-0.2, -0.15) is 0 Å². The fourth-order valence-electron chi connectivity index (χ4n) is 1.32. The SMILES string of the molecule is C#CCCCNC(=O)c1ccc(S(=O)(=O)Cl)cc1F. The molecule has 0 saturated carbocycles. The van der Waals surface area contributed by atoms with E-state index < -0.39 is 25.7 Å². The zero-order valence-corrected chi connectivity index (χ0v) is 11.4. The number of amides is 1. The smallest absolute Gasteiger partial charge is 0.261 e. The monoisotopic (exact) mass is 303 g/mol. The van der Waals surface area contributed by atoms with E-state index in [1.165, 1.54) is 0 Å². The average Bonchev–Trinajstić information content (AvgIpc) is 2.33. The molecule has 102 valence electrons. The summed E-state index contributed by atoms with van der Waals surface area (Å²) in [6.07, 6.45) is 6.13. The molecule has 0 radical (unpaired) electrons. The van der Waals surface area contributed by atoms with E-state index in [1.54, 1.807) is 0 Å². The molecule has 0 aliphatic carbocycles. The number of hydrogen-bond donors (Lipinski definition) is 1. The molecular formula is C12H11ClFNO3S. The van der Waals surface area contributed by atoms with Crippen LogP contribution in [-0.2, 0) is 9.05 Å². The van der Waals surface area contributed by atoms with Crippen LogP contribution in [0.3, 0.4) is 0 Å². The van der Waals surface area contributed by atoms with Gasteiger partial charge in [0.2, 0.25) is 0 Å². The van der Waals surface area contributed by atoms with Crippen LogP contribution < -0.4 is 5.32 Å². The molecule has 7 heteroatoms. The summed E-state index contributed by atoms with van der Waals surface area (Å²) in [5.41, 5.74) is -0.246. The lowest BCUT2D eigenvalue weighted by molar-refractivity contribution is 0.0949. The summed E-state index contributed by atoms with van der Waals surface area (Å²) >= 11 is 0. The third-order valence-electron chi connectivity index (χ3n) is 2.25. The summed E-state index contributed by atoms with van der Waals surface area (Å²) in [4.78, 5) is 11.2. The first-order valence-corrected chi connectivity index (χ1v) is 7.63. The number of rotatable bonds is 5. The summed E-state index contributed by atoms with van der Waals surface area (Å²) in [7, 11) is 1.05. The number of halogens is 2. The summed E-state index contributed by atoms with van der Waals surface area (Å²) < 4.78 is 35.6. The zero-order chi connectivity index (χ0) is 14.5. The van der Waals surface area contributed by atoms with Gasteiger partial charge < -0.3 is 5.32 Å². The maximum absolute atomic E-state index is 13.6. The Morgan fingerprint density at radius 2 is 2.16 bits per heavy atom. The first-order valence-electron chi connectivity index (χ1n) is 5.32. The fourth-order valence-corrected chi connectivity index (χ4v) is 2.08. The molecule has 0 aromatic heterocycles. The molecule has 1 rings (SSSR count). The van der Waals surface area contributed by atoms with Crippen molar-refractivity contribution < 1.29 is 17.6 Å². The normalized spacial score (nSPS) is 10.8. The second kappa shape index (κ2) is 6.55. The topological polar surface area (TPSA) is 63.2 Å². The van der Waals surface area contributed by atoms with E-state index in [0.717, 1.165) is 12.1 Å². The largest absolute Gasteiger partial charge is 0.352 e. The Morgan fingerprint density at radius 1 is 1.47 bits per heavy atom. The molecule has 0 spiro atoms. The second-order valence-corrected chi connectivity index (χ2v) is 6.21. The van der Waals surface area contributed by atoms with Gasteiger partial charge in [0.15, 0.2) is 0 Å². The highest BCUT2D eigenvalue weighted by Crippen LogP contribution is 2.18. The van der Waals surface area contributed by atoms with E-state index >= 15 is 0 Å². The van der Waals surface area contributed by atoms with Gasteiger partial charge in [-0.1, -0.05) is 0 Å². The van der Waals surface area contributed by atoms with Crippen molar-refractivity contribution in [1.82, 2.24) is 5.32 Å². The van der Waals surface area contributed by atoms with Gasteiger partial charge in [-0.25, -0.2) is 12.8 Å². The minimum absolute atomic E-state index is 0.246. The molecule has 4 nitrogen and oxygen atoms in total. The summed E-state index contributed by atoms with van der Waals surface area (Å²) in [6, 6.07) is 2.85. The van der Waals surface area contributed by atoms with Gasteiger partial charge in [0.05, 0.1) is 10.5 Å². The Morgan fingerprint density at radius 3 is 2.68 bits per heavy atom. The molecule has 19 heavy (non-hydrogen) atoms. The maximum Gasteiger partial charge on any atom is 0.261 e. The molecule has 0 aliphatic rings. The van der Waals surface area contributed by atoms with E-state index in [1.807, 2.05) is 0 Å². The molecule has 1 N–H and O–H groups in total. The van der Waals surface area contributed by atoms with Gasteiger partial charge in [0.1, 0.15) is 5.82 Å². The number of carbonyl (C=O) groups is 1. The van der Waals surface area contributed by atoms with E-state index in [0.29, 0.717) is 25.5 Å². The van der Waals surface area contributed by atoms with Crippen LogP contribution in [0.1, 0.15) is 23.2 Å². The molecular weight excluding hydrogens is 293 g/mol. The lowest BCUT2D eigenvalue weighted by atomic mass is 10.2. The van der Waals surface area contributed by atoms with Gasteiger partial charge in [0, 0.05) is 23.6 Å². The van der Waals surface area contributed by atoms with Crippen molar-refractivity contribution in [2.24, 2.45) is 0 Å². The minimum atomic E-state index is -4.01. The van der Waals surface area contributed by atoms with Gasteiger partial charge in [-0.05, 0) is 24.6 Å². The maximum atomic E-state index is 13.6. The van der Waals surface area contributed by atoms with E-state index in [-0.39, 0.29) is 5.56 Å². The molecule has 0 fully saturated rings. The summed E-state index contributed by atoms with van der Waals surface area (Å²) in [5.74, 6) is 0.831. The minimum Gasteiger partial charge on any atom is -0.352 e. The Hall–Kier alpha value is -1.58. The van der Waals surface area contributed by atoms with Crippen molar-refractivity contribution in [3.63, 3.8) is 0 Å². The number of nitrogens with one attached hydrogen (secondary N) is 1. The van der Waals surface area contributed by atoms with Crippen molar-refractivity contribution >= 4 is 25.6 Å². The van der Waals surface area contributed by atoms with Crippen LogP contribution in [0, 0.1) is 18.2 Å². The van der Waals surface area contributed by atoms with Crippen LogP contribution in [0.4, 0.5) is 4.39 Å². The molecule has 1 aromatic carbocycles. The van der Waals surface area contributed by atoms with Crippen LogP contribution in [0.15, 0.2) is 23.1 Å². The predicted molar refractivity (Wildman–Crippen MR) is 69.8 cm³/mol. The molecule has 1 amide bonds. The molecule has 0 atom stereocenters. The standard InChI is InChI=1S/C12H11ClFNO3S/c1-2-3-4-7-15-12(16)10-6-5-9(8-11(10)14)19(13,17)18/h1,5-6,8H,3-4,7H2,(H,15,16). The van der Waals surface area contributed by atoms with Crippen LogP contribution >= 0.6 is 10.7 Å². The first kappa shape index (κ1) is 15.5. The predicted octanol–water partition coefficient (Wildman–Crippen LogP) is 1.90. The van der Waals surface area contributed by atoms with Crippen molar-refractivity contribution in [3.8, 4) is 12.3 Å². The number of benzene rings is 1. The van der Waals surface area contributed by atoms with Gasteiger partial charge in [0.25, 0.3) is 15.0 Å². The molecule has 0 aliphatic heterocycles. The highest BCUT2D eigenvalue weighted by molar-refractivity contribution is 8.13. The number of terminal acetylenes is 1. The van der Waals surface area contributed by atoms with E-state index in [2.05, 4.69) is 11.2 Å². The Kier molecular flexibility index (Phi) is 5.33.